The summed E-state index contributed by atoms with van der Waals surface area (Å²) in [6.45, 7) is 0. The van der Waals surface area contributed by atoms with E-state index in [1.165, 1.54) is 43.4 Å². The minimum absolute atomic E-state index is 0.0120. The molecule has 0 spiro atoms. The average molecular weight is 464 g/mol. The fraction of sp³-hybridized carbons (Fsp3) is 0.130. The molecule has 0 fully saturated rings. The first-order valence-corrected chi connectivity index (χ1v) is 9.51. The maximum atomic E-state index is 13.6. The fourth-order valence-electron chi connectivity index (χ4n) is 2.92. The summed E-state index contributed by atoms with van der Waals surface area (Å²) >= 11 is 0. The molecule has 3 aromatic rings. The summed E-state index contributed by atoms with van der Waals surface area (Å²) in [7, 11) is 1.31. The van der Waals surface area contributed by atoms with E-state index >= 15 is 0 Å². The van der Waals surface area contributed by atoms with Gasteiger partial charge in [0.1, 0.15) is 17.5 Å². The summed E-state index contributed by atoms with van der Waals surface area (Å²) in [6, 6.07) is 11.2. The van der Waals surface area contributed by atoms with E-state index in [0.29, 0.717) is 0 Å². The Morgan fingerprint density at radius 3 is 2.18 bits per heavy atom. The van der Waals surface area contributed by atoms with Gasteiger partial charge >= 0.3 is 6.18 Å². The van der Waals surface area contributed by atoms with Crippen molar-refractivity contribution in [3.8, 4) is 11.5 Å². The van der Waals surface area contributed by atoms with Gasteiger partial charge in [-0.2, -0.15) is 13.2 Å². The normalized spacial score (nSPS) is 12.1. The molecule has 2 N–H and O–H groups in total. The van der Waals surface area contributed by atoms with Crippen LogP contribution < -0.4 is 15.4 Å². The van der Waals surface area contributed by atoms with Gasteiger partial charge in [0.15, 0.2) is 11.6 Å². The van der Waals surface area contributed by atoms with Gasteiger partial charge in [0.2, 0.25) is 5.91 Å². The van der Waals surface area contributed by atoms with E-state index in [-0.39, 0.29) is 22.6 Å². The van der Waals surface area contributed by atoms with Crippen molar-refractivity contribution in [2.45, 2.75) is 12.2 Å². The molecule has 0 aliphatic rings. The van der Waals surface area contributed by atoms with Crippen molar-refractivity contribution >= 4 is 11.8 Å². The number of nitrogens with one attached hydrogen (secondary N) is 2. The van der Waals surface area contributed by atoms with E-state index in [0.717, 1.165) is 30.3 Å². The summed E-state index contributed by atoms with van der Waals surface area (Å²) in [5.41, 5.74) is -0.859. The molecule has 0 saturated heterocycles. The third-order valence-corrected chi connectivity index (χ3v) is 4.55. The highest BCUT2D eigenvalue weighted by molar-refractivity contribution is 5.98. The second-order valence-electron chi connectivity index (χ2n) is 6.85. The van der Waals surface area contributed by atoms with Crippen LogP contribution in [-0.4, -0.2) is 18.9 Å². The van der Waals surface area contributed by atoms with E-state index < -0.39 is 41.2 Å². The third kappa shape index (κ3) is 5.85. The van der Waals surface area contributed by atoms with Crippen LogP contribution in [0.1, 0.15) is 27.5 Å². The Kier molecular flexibility index (Phi) is 6.95. The molecule has 0 saturated carbocycles. The summed E-state index contributed by atoms with van der Waals surface area (Å²) in [5, 5.41) is 4.75. The van der Waals surface area contributed by atoms with E-state index in [1.807, 2.05) is 0 Å². The highest BCUT2D eigenvalue weighted by atomic mass is 19.4. The van der Waals surface area contributed by atoms with E-state index in [2.05, 4.69) is 10.6 Å². The molecule has 0 aromatic heterocycles. The van der Waals surface area contributed by atoms with Crippen molar-refractivity contribution in [1.29, 1.82) is 0 Å². The lowest BCUT2D eigenvalue weighted by Crippen LogP contribution is -2.39. The maximum Gasteiger partial charge on any atom is 0.416 e. The number of rotatable bonds is 6. The van der Waals surface area contributed by atoms with Crippen LogP contribution in [-0.2, 0) is 11.0 Å². The zero-order chi connectivity index (χ0) is 24.2. The maximum absolute atomic E-state index is 13.6. The second-order valence-corrected chi connectivity index (χ2v) is 6.85. The van der Waals surface area contributed by atoms with Crippen LogP contribution in [0.5, 0.6) is 11.5 Å². The SMILES string of the molecule is CNC(=O)C(NC(=O)c1cccc(Oc2cccc(C(F)(F)F)c2)c1)c1ccc(F)c(F)c1. The standard InChI is InChI=1S/C23H17F5N2O3/c1-29-22(32)20(13-8-9-18(24)19(25)11-13)30-21(31)14-4-2-6-16(10-14)33-17-7-3-5-15(12-17)23(26,27)28/h2-12,20H,1H3,(H,29,32)(H,30,31). The highest BCUT2D eigenvalue weighted by Gasteiger charge is 2.30. The van der Waals surface area contributed by atoms with Gasteiger partial charge in [0.25, 0.3) is 5.91 Å². The van der Waals surface area contributed by atoms with Crippen molar-refractivity contribution < 1.29 is 36.3 Å². The monoisotopic (exact) mass is 464 g/mol. The van der Waals surface area contributed by atoms with Crippen LogP contribution in [0.4, 0.5) is 22.0 Å². The van der Waals surface area contributed by atoms with Crippen LogP contribution >= 0.6 is 0 Å². The van der Waals surface area contributed by atoms with Crippen LogP contribution in [0.3, 0.4) is 0 Å². The number of alkyl halides is 3. The second kappa shape index (κ2) is 9.68. The Balaban J connectivity index is 1.82. The Hall–Kier alpha value is -3.95. The summed E-state index contributed by atoms with van der Waals surface area (Å²) in [5.74, 6) is -3.74. The first-order valence-electron chi connectivity index (χ1n) is 9.51. The van der Waals surface area contributed by atoms with Crippen molar-refractivity contribution in [1.82, 2.24) is 10.6 Å². The van der Waals surface area contributed by atoms with Crippen molar-refractivity contribution in [2.24, 2.45) is 0 Å². The largest absolute Gasteiger partial charge is 0.457 e. The molecule has 0 heterocycles. The van der Waals surface area contributed by atoms with Crippen molar-refractivity contribution in [2.75, 3.05) is 7.05 Å². The molecule has 3 rings (SSSR count). The molecule has 33 heavy (non-hydrogen) atoms. The van der Waals surface area contributed by atoms with Gasteiger partial charge in [0.05, 0.1) is 5.56 Å². The van der Waals surface area contributed by atoms with E-state index in [9.17, 15) is 31.5 Å². The van der Waals surface area contributed by atoms with Gasteiger partial charge in [-0.3, -0.25) is 9.59 Å². The first kappa shape index (κ1) is 23.7. The number of likely N-dealkylation sites (N-methyl/N-ethyl adjacent to an activating group) is 1. The molecule has 0 radical (unpaired) electrons. The number of carbonyl (C=O) groups is 2. The van der Waals surface area contributed by atoms with E-state index in [1.54, 1.807) is 0 Å². The molecular weight excluding hydrogens is 447 g/mol. The van der Waals surface area contributed by atoms with Gasteiger partial charge < -0.3 is 15.4 Å². The van der Waals surface area contributed by atoms with Crippen LogP contribution in [0.2, 0.25) is 0 Å². The highest BCUT2D eigenvalue weighted by Crippen LogP contribution is 2.32. The number of hydrogen-bond acceptors (Lipinski definition) is 3. The van der Waals surface area contributed by atoms with Crippen LogP contribution in [0, 0.1) is 11.6 Å². The number of hydrogen-bond donors (Lipinski definition) is 2. The van der Waals surface area contributed by atoms with Crippen LogP contribution in [0.15, 0.2) is 66.7 Å². The molecular formula is C23H17F5N2O3. The summed E-state index contributed by atoms with van der Waals surface area (Å²) in [4.78, 5) is 25.0. The van der Waals surface area contributed by atoms with Crippen molar-refractivity contribution in [3.05, 3.63) is 95.1 Å². The molecule has 1 atom stereocenters. The fourth-order valence-corrected chi connectivity index (χ4v) is 2.92. The number of carbonyl (C=O) groups excluding carboxylic acids is 2. The third-order valence-electron chi connectivity index (χ3n) is 4.55. The first-order chi connectivity index (χ1) is 15.6. The quantitative estimate of drug-likeness (QED) is 0.505. The number of halogens is 5. The van der Waals surface area contributed by atoms with Crippen molar-refractivity contribution in [3.63, 3.8) is 0 Å². The minimum atomic E-state index is -4.55. The Labute approximate surface area is 185 Å². The number of amides is 2. The van der Waals surface area contributed by atoms with Gasteiger partial charge in [-0.25, -0.2) is 8.78 Å². The molecule has 0 aliphatic heterocycles. The Morgan fingerprint density at radius 2 is 1.55 bits per heavy atom. The van der Waals surface area contributed by atoms with Gasteiger partial charge in [-0.05, 0) is 54.1 Å². The summed E-state index contributed by atoms with van der Waals surface area (Å²) < 4.78 is 71.0. The van der Waals surface area contributed by atoms with E-state index in [4.69, 9.17) is 4.74 Å². The average Bonchev–Trinajstić information content (AvgIpc) is 2.78. The van der Waals surface area contributed by atoms with Gasteiger partial charge in [-0.15, -0.1) is 0 Å². The molecule has 3 aromatic carbocycles. The molecule has 1 unspecified atom stereocenters. The zero-order valence-corrected chi connectivity index (χ0v) is 17.0. The molecule has 2 amide bonds. The Morgan fingerprint density at radius 1 is 0.879 bits per heavy atom. The predicted octanol–water partition coefficient (Wildman–Crippen LogP) is 4.99. The zero-order valence-electron chi connectivity index (χ0n) is 17.0. The Bertz CT molecular complexity index is 1180. The minimum Gasteiger partial charge on any atom is -0.457 e. The molecule has 10 heteroatoms. The number of benzene rings is 3. The molecule has 172 valence electrons. The lowest BCUT2D eigenvalue weighted by Gasteiger charge is -2.18. The van der Waals surface area contributed by atoms with Gasteiger partial charge in [0, 0.05) is 12.6 Å². The molecule has 0 bridgehead atoms. The lowest BCUT2D eigenvalue weighted by atomic mass is 10.0. The predicted molar refractivity (Wildman–Crippen MR) is 109 cm³/mol. The smallest absolute Gasteiger partial charge is 0.416 e. The molecule has 0 aliphatic carbocycles. The summed E-state index contributed by atoms with van der Waals surface area (Å²) in [6.07, 6.45) is -4.55. The van der Waals surface area contributed by atoms with Crippen LogP contribution in [0.25, 0.3) is 0 Å². The topological polar surface area (TPSA) is 67.4 Å². The van der Waals surface area contributed by atoms with Gasteiger partial charge in [-0.1, -0.05) is 18.2 Å². The lowest BCUT2D eigenvalue weighted by molar-refractivity contribution is -0.137. The molecule has 5 nitrogen and oxygen atoms in total. The number of ether oxygens (including phenoxy) is 1.